The van der Waals surface area contributed by atoms with Gasteiger partial charge in [-0.1, -0.05) is 72.8 Å². The zero-order chi connectivity index (χ0) is 13.4. The molecule has 0 amide bonds. The van der Waals surface area contributed by atoms with Crippen LogP contribution >= 0.6 is 23.5 Å². The van der Waals surface area contributed by atoms with Crippen molar-refractivity contribution in [1.29, 1.82) is 0 Å². The number of hydrogen-bond donors (Lipinski definition) is 0. The summed E-state index contributed by atoms with van der Waals surface area (Å²) >= 11 is 3.99. The Morgan fingerprint density at radius 1 is 0.545 bits per heavy atom. The van der Waals surface area contributed by atoms with Gasteiger partial charge in [-0.25, -0.2) is 0 Å². The fourth-order valence-electron chi connectivity index (χ4n) is 2.60. The summed E-state index contributed by atoms with van der Waals surface area (Å²) in [4.78, 5) is 2.85. The molecule has 4 N–H and O–H groups in total. The minimum Gasteiger partial charge on any atom is -0.412 e. The first-order chi connectivity index (χ1) is 9.90. The van der Waals surface area contributed by atoms with Crippen LogP contribution in [0.15, 0.2) is 72.8 Å². The lowest BCUT2D eigenvalue weighted by Gasteiger charge is -2.04. The van der Waals surface area contributed by atoms with E-state index in [-0.39, 0.29) is 11.0 Å². The molecule has 2 unspecified atom stereocenters. The summed E-state index contributed by atoms with van der Waals surface area (Å²) in [7, 11) is 0. The zero-order valence-corrected chi connectivity index (χ0v) is 13.5. The zero-order valence-electron chi connectivity index (χ0n) is 11.9. The van der Waals surface area contributed by atoms with Gasteiger partial charge in [0.25, 0.3) is 0 Å². The lowest BCUT2D eigenvalue weighted by molar-refractivity contribution is 0.823. The second kappa shape index (κ2) is 7.20. The van der Waals surface area contributed by atoms with E-state index in [4.69, 9.17) is 0 Å². The maximum atomic E-state index is 2.43. The molecule has 2 atom stereocenters. The second-order valence-corrected chi connectivity index (χ2v) is 7.40. The molecular weight excluding hydrogens is 312 g/mol. The molecule has 114 valence electrons. The van der Waals surface area contributed by atoms with E-state index in [0.29, 0.717) is 10.5 Å². The van der Waals surface area contributed by atoms with Crippen molar-refractivity contribution in [3.8, 4) is 0 Å². The van der Waals surface area contributed by atoms with Crippen LogP contribution in [0.5, 0.6) is 0 Å². The third kappa shape index (κ3) is 3.15. The van der Waals surface area contributed by atoms with Gasteiger partial charge in [-0.05, 0) is 11.1 Å². The van der Waals surface area contributed by atoms with Crippen LogP contribution in [0, 0.1) is 0 Å². The van der Waals surface area contributed by atoms with Gasteiger partial charge in [0.2, 0.25) is 0 Å². The third-order valence-electron chi connectivity index (χ3n) is 3.60. The fraction of sp³-hybridized carbons (Fsp3) is 0.111. The van der Waals surface area contributed by atoms with Gasteiger partial charge >= 0.3 is 0 Å². The molecular formula is C18H18O2S2. The molecule has 0 saturated heterocycles. The molecule has 2 aliphatic heterocycles. The van der Waals surface area contributed by atoms with Crippen molar-refractivity contribution in [2.24, 2.45) is 0 Å². The molecule has 2 nitrogen and oxygen atoms in total. The lowest BCUT2D eigenvalue weighted by atomic mass is 10.1. The number of hydrogen-bond acceptors (Lipinski definition) is 2. The van der Waals surface area contributed by atoms with Crippen molar-refractivity contribution >= 4 is 33.3 Å². The molecule has 0 spiro atoms. The summed E-state index contributed by atoms with van der Waals surface area (Å²) in [6.07, 6.45) is 4.86. The summed E-state index contributed by atoms with van der Waals surface area (Å²) in [6.45, 7) is 0. The number of benzene rings is 2. The van der Waals surface area contributed by atoms with Crippen LogP contribution < -0.4 is 0 Å². The Labute approximate surface area is 138 Å². The molecule has 2 aliphatic rings. The highest BCUT2D eigenvalue weighted by Crippen LogP contribution is 2.52. The molecule has 0 aromatic heterocycles. The van der Waals surface area contributed by atoms with E-state index in [1.165, 1.54) is 20.9 Å². The summed E-state index contributed by atoms with van der Waals surface area (Å²) in [5.41, 5.74) is 2.70. The van der Waals surface area contributed by atoms with E-state index in [0.717, 1.165) is 0 Å². The van der Waals surface area contributed by atoms with Crippen molar-refractivity contribution in [3.05, 3.63) is 83.9 Å². The topological polar surface area (TPSA) is 63.0 Å². The van der Waals surface area contributed by atoms with Crippen LogP contribution in [0.4, 0.5) is 0 Å². The SMILES string of the molecule is C1=C(c2ccccc2)SC2C=C(c3ccccc3)SC12.O.O. The van der Waals surface area contributed by atoms with Gasteiger partial charge in [-0.15, -0.1) is 23.5 Å². The van der Waals surface area contributed by atoms with Crippen LogP contribution in [-0.4, -0.2) is 21.5 Å². The van der Waals surface area contributed by atoms with Gasteiger partial charge in [-0.3, -0.25) is 0 Å². The first-order valence-corrected chi connectivity index (χ1v) is 8.54. The Morgan fingerprint density at radius 3 is 1.27 bits per heavy atom. The second-order valence-electron chi connectivity index (χ2n) is 4.96. The molecule has 0 fully saturated rings. The summed E-state index contributed by atoms with van der Waals surface area (Å²) in [5, 5.41) is 1.18. The minimum absolute atomic E-state index is 0. The standard InChI is InChI=1S/C18H14S2.2H2O/c1-3-7-13(8-4-1)15-11-17-18(19-15)12-16(20-17)14-9-5-2-6-10-14;;/h1-12,17-18H;2*1H2. The predicted octanol–water partition coefficient (Wildman–Crippen LogP) is 3.65. The Morgan fingerprint density at radius 2 is 0.909 bits per heavy atom. The predicted molar refractivity (Wildman–Crippen MR) is 98.8 cm³/mol. The summed E-state index contributed by atoms with van der Waals surface area (Å²) in [6, 6.07) is 21.4. The maximum absolute atomic E-state index is 2.43. The number of fused-ring (bicyclic) bond motifs is 1. The van der Waals surface area contributed by atoms with Gasteiger partial charge in [-0.2, -0.15) is 0 Å². The molecule has 0 bridgehead atoms. The highest BCUT2D eigenvalue weighted by molar-refractivity contribution is 8.14. The van der Waals surface area contributed by atoms with Crippen molar-refractivity contribution in [1.82, 2.24) is 0 Å². The van der Waals surface area contributed by atoms with Crippen LogP contribution in [-0.2, 0) is 0 Å². The molecule has 0 radical (unpaired) electrons. The highest BCUT2D eigenvalue weighted by atomic mass is 32.2. The summed E-state index contributed by atoms with van der Waals surface area (Å²) in [5.74, 6) is 0. The lowest BCUT2D eigenvalue weighted by Crippen LogP contribution is -2.04. The quantitative estimate of drug-likeness (QED) is 0.843. The Bertz CT molecular complexity index is 619. The highest BCUT2D eigenvalue weighted by Gasteiger charge is 2.34. The van der Waals surface area contributed by atoms with Gasteiger partial charge < -0.3 is 11.0 Å². The molecule has 4 rings (SSSR count). The molecule has 4 heteroatoms. The van der Waals surface area contributed by atoms with Gasteiger partial charge in [0.15, 0.2) is 0 Å². The van der Waals surface area contributed by atoms with E-state index < -0.39 is 0 Å². The average molecular weight is 330 g/mol. The summed E-state index contributed by atoms with van der Waals surface area (Å²) < 4.78 is 0. The van der Waals surface area contributed by atoms with Crippen molar-refractivity contribution < 1.29 is 11.0 Å². The fourth-order valence-corrected chi connectivity index (χ4v) is 5.52. The molecule has 2 aromatic rings. The number of thioether (sulfide) groups is 2. The van der Waals surface area contributed by atoms with E-state index in [1.54, 1.807) is 0 Å². The van der Waals surface area contributed by atoms with Crippen LogP contribution in [0.3, 0.4) is 0 Å². The average Bonchev–Trinajstić information content (AvgIpc) is 3.08. The van der Waals surface area contributed by atoms with E-state index in [1.807, 2.05) is 23.5 Å². The van der Waals surface area contributed by atoms with Gasteiger partial charge in [0, 0.05) is 20.3 Å². The van der Waals surface area contributed by atoms with Crippen molar-refractivity contribution in [3.63, 3.8) is 0 Å². The first kappa shape index (κ1) is 16.9. The Kier molecular flexibility index (Phi) is 5.53. The smallest absolute Gasteiger partial charge is 0.0446 e. The maximum Gasteiger partial charge on any atom is 0.0446 e. The van der Waals surface area contributed by atoms with Crippen LogP contribution in [0.25, 0.3) is 9.81 Å². The third-order valence-corrected chi connectivity index (χ3v) is 6.42. The Balaban J connectivity index is 0.000000882. The van der Waals surface area contributed by atoms with E-state index in [2.05, 4.69) is 72.8 Å². The molecule has 22 heavy (non-hydrogen) atoms. The van der Waals surface area contributed by atoms with Gasteiger partial charge in [0.1, 0.15) is 0 Å². The monoisotopic (exact) mass is 330 g/mol. The largest absolute Gasteiger partial charge is 0.412 e. The van der Waals surface area contributed by atoms with Crippen LogP contribution in [0.2, 0.25) is 0 Å². The molecule has 2 aromatic carbocycles. The van der Waals surface area contributed by atoms with Crippen molar-refractivity contribution in [2.75, 3.05) is 0 Å². The normalized spacial score (nSPS) is 22.0. The van der Waals surface area contributed by atoms with Crippen LogP contribution in [0.1, 0.15) is 11.1 Å². The molecule has 0 saturated carbocycles. The minimum atomic E-state index is 0. The number of rotatable bonds is 2. The first-order valence-electron chi connectivity index (χ1n) is 6.78. The van der Waals surface area contributed by atoms with Gasteiger partial charge in [0.05, 0.1) is 0 Å². The van der Waals surface area contributed by atoms with E-state index >= 15 is 0 Å². The molecule has 0 aliphatic carbocycles. The van der Waals surface area contributed by atoms with E-state index in [9.17, 15) is 0 Å². The Hall–Kier alpha value is -1.46. The van der Waals surface area contributed by atoms with Crippen molar-refractivity contribution in [2.45, 2.75) is 10.5 Å². The molecule has 2 heterocycles.